The number of nitrogens with zero attached hydrogens (tertiary/aromatic N) is 1. The van der Waals surface area contributed by atoms with Crippen molar-refractivity contribution in [3.05, 3.63) is 34.3 Å². The van der Waals surface area contributed by atoms with Crippen molar-refractivity contribution in [3.8, 4) is 0 Å². The molecule has 1 fully saturated rings. The fraction of sp³-hybridized carbons (Fsp3) is 0.550. The van der Waals surface area contributed by atoms with Crippen molar-refractivity contribution in [2.24, 2.45) is 5.41 Å². The molecule has 10 heteroatoms. The normalized spacial score (nSPS) is 17.9. The van der Waals surface area contributed by atoms with Crippen molar-refractivity contribution in [2.45, 2.75) is 46.0 Å². The second kappa shape index (κ2) is 10.1. The average molecular weight is 442 g/mol. The van der Waals surface area contributed by atoms with E-state index < -0.39 is 35.5 Å². The molecular weight excluding hydrogens is 414 g/mol. The number of hydrogen-bond donors (Lipinski definition) is 4. The molecular formula is C20H28ClN3O6. The molecule has 2 rings (SSSR count). The van der Waals surface area contributed by atoms with Crippen molar-refractivity contribution < 1.29 is 29.3 Å². The summed E-state index contributed by atoms with van der Waals surface area (Å²) in [7, 11) is 0. The molecule has 4 N–H and O–H groups in total. The molecule has 0 bridgehead atoms. The lowest BCUT2D eigenvalue weighted by Gasteiger charge is -2.38. The molecule has 0 aliphatic carbocycles. The second-order valence-electron chi connectivity index (χ2n) is 8.18. The lowest BCUT2D eigenvalue weighted by atomic mass is 9.88. The number of halogens is 1. The minimum Gasteiger partial charge on any atom is -0.465 e. The van der Waals surface area contributed by atoms with E-state index in [-0.39, 0.29) is 32.8 Å². The van der Waals surface area contributed by atoms with Crippen LogP contribution in [0.2, 0.25) is 5.02 Å². The highest BCUT2D eigenvalue weighted by atomic mass is 35.5. The number of benzene rings is 1. The van der Waals surface area contributed by atoms with Gasteiger partial charge >= 0.3 is 6.09 Å². The van der Waals surface area contributed by atoms with Crippen molar-refractivity contribution >= 4 is 29.5 Å². The number of hydrogen-bond acceptors (Lipinski definition) is 5. The Hall–Kier alpha value is -2.36. The molecule has 1 aliphatic rings. The SMILES string of the molecule is CC(C)(C)C(O)C(=O)N1CCOCC1C(=O)NCc1cc(Cl)ccc1CNC(=O)O. The monoisotopic (exact) mass is 441 g/mol. The fourth-order valence-corrected chi connectivity index (χ4v) is 3.21. The molecule has 1 aromatic rings. The van der Waals surface area contributed by atoms with Gasteiger partial charge in [-0.15, -0.1) is 0 Å². The number of carboxylic acid groups (broad SMARTS) is 1. The topological polar surface area (TPSA) is 128 Å². The van der Waals surface area contributed by atoms with E-state index in [1.807, 2.05) is 0 Å². The first-order chi connectivity index (χ1) is 14.0. The molecule has 9 nitrogen and oxygen atoms in total. The molecule has 1 aromatic carbocycles. The second-order valence-corrected chi connectivity index (χ2v) is 8.62. The molecule has 30 heavy (non-hydrogen) atoms. The molecule has 0 spiro atoms. The quantitative estimate of drug-likeness (QED) is 0.527. The molecule has 1 saturated heterocycles. The first-order valence-corrected chi connectivity index (χ1v) is 9.96. The average Bonchev–Trinajstić information content (AvgIpc) is 2.69. The van der Waals surface area contributed by atoms with Crippen LogP contribution in [0.4, 0.5) is 4.79 Å². The summed E-state index contributed by atoms with van der Waals surface area (Å²) in [6.07, 6.45) is -2.40. The molecule has 166 valence electrons. The van der Waals surface area contributed by atoms with Gasteiger partial charge in [0.15, 0.2) is 0 Å². The van der Waals surface area contributed by atoms with Gasteiger partial charge in [0.05, 0.1) is 13.2 Å². The Bertz CT molecular complexity index is 795. The Morgan fingerprint density at radius 3 is 2.53 bits per heavy atom. The number of aliphatic hydroxyl groups excluding tert-OH is 1. The van der Waals surface area contributed by atoms with Gasteiger partial charge in [-0.3, -0.25) is 9.59 Å². The van der Waals surface area contributed by atoms with E-state index in [9.17, 15) is 19.5 Å². The summed E-state index contributed by atoms with van der Waals surface area (Å²) in [4.78, 5) is 37.7. The van der Waals surface area contributed by atoms with Gasteiger partial charge in [0.25, 0.3) is 5.91 Å². The van der Waals surface area contributed by atoms with Crippen LogP contribution in [0.5, 0.6) is 0 Å². The van der Waals surface area contributed by atoms with E-state index in [2.05, 4.69) is 10.6 Å². The van der Waals surface area contributed by atoms with Gasteiger partial charge in [0, 0.05) is 24.7 Å². The van der Waals surface area contributed by atoms with Gasteiger partial charge in [0.1, 0.15) is 12.1 Å². The Morgan fingerprint density at radius 2 is 1.90 bits per heavy atom. The van der Waals surface area contributed by atoms with Gasteiger partial charge in [-0.1, -0.05) is 38.4 Å². The predicted octanol–water partition coefficient (Wildman–Crippen LogP) is 1.36. The smallest absolute Gasteiger partial charge is 0.404 e. The number of rotatable bonds is 6. The molecule has 0 aromatic heterocycles. The van der Waals surface area contributed by atoms with Gasteiger partial charge in [-0.25, -0.2) is 4.79 Å². The van der Waals surface area contributed by atoms with Gasteiger partial charge in [-0.2, -0.15) is 0 Å². The Morgan fingerprint density at radius 1 is 1.23 bits per heavy atom. The van der Waals surface area contributed by atoms with Gasteiger partial charge < -0.3 is 30.5 Å². The molecule has 2 unspecified atom stereocenters. The summed E-state index contributed by atoms with van der Waals surface area (Å²) in [6.45, 7) is 5.91. The predicted molar refractivity (Wildman–Crippen MR) is 110 cm³/mol. The summed E-state index contributed by atoms with van der Waals surface area (Å²) in [5, 5.41) is 24.7. The Kier molecular flexibility index (Phi) is 8.05. The first-order valence-electron chi connectivity index (χ1n) is 9.59. The maximum atomic E-state index is 12.8. The zero-order valence-electron chi connectivity index (χ0n) is 17.3. The van der Waals surface area contributed by atoms with Crippen molar-refractivity contribution in [1.82, 2.24) is 15.5 Å². The standard InChI is InChI=1S/C20H28ClN3O6/c1-20(2,3)16(25)18(27)24-6-7-30-11-15(24)17(26)22-10-13-8-14(21)5-4-12(13)9-23-19(28)29/h4-5,8,15-16,23,25H,6-7,9-11H2,1-3H3,(H,22,26)(H,28,29). The van der Waals surface area contributed by atoms with Crippen molar-refractivity contribution in [3.63, 3.8) is 0 Å². The highest BCUT2D eigenvalue weighted by molar-refractivity contribution is 6.30. The maximum Gasteiger partial charge on any atom is 0.404 e. The highest BCUT2D eigenvalue weighted by Crippen LogP contribution is 2.23. The molecule has 1 aliphatic heterocycles. The van der Waals surface area contributed by atoms with E-state index in [0.29, 0.717) is 16.1 Å². The molecule has 0 saturated carbocycles. The van der Waals surface area contributed by atoms with Crippen LogP contribution in [0.15, 0.2) is 18.2 Å². The number of nitrogens with one attached hydrogen (secondary N) is 2. The zero-order chi connectivity index (χ0) is 22.5. The van der Waals surface area contributed by atoms with Crippen LogP contribution < -0.4 is 10.6 Å². The lowest BCUT2D eigenvalue weighted by Crippen LogP contribution is -2.59. The van der Waals surface area contributed by atoms with Crippen LogP contribution in [0.3, 0.4) is 0 Å². The van der Waals surface area contributed by atoms with E-state index in [0.717, 1.165) is 0 Å². The van der Waals surface area contributed by atoms with Gasteiger partial charge in [0.2, 0.25) is 5.91 Å². The summed E-state index contributed by atoms with van der Waals surface area (Å²) in [6, 6.07) is 4.08. The lowest BCUT2D eigenvalue weighted by molar-refractivity contribution is -0.159. The van der Waals surface area contributed by atoms with Crippen molar-refractivity contribution in [1.29, 1.82) is 0 Å². The van der Waals surface area contributed by atoms with Crippen molar-refractivity contribution in [2.75, 3.05) is 19.8 Å². The number of morpholine rings is 1. The fourth-order valence-electron chi connectivity index (χ4n) is 3.01. The minimum atomic E-state index is -1.24. The summed E-state index contributed by atoms with van der Waals surface area (Å²) in [5.74, 6) is -0.943. The number of amides is 3. The third-order valence-corrected chi connectivity index (χ3v) is 5.05. The Balaban J connectivity index is 2.10. The largest absolute Gasteiger partial charge is 0.465 e. The summed E-state index contributed by atoms with van der Waals surface area (Å²) < 4.78 is 5.38. The molecule has 2 atom stereocenters. The van der Waals surface area contributed by atoms with E-state index in [1.54, 1.807) is 39.0 Å². The van der Waals surface area contributed by atoms with Gasteiger partial charge in [-0.05, 0) is 28.7 Å². The van der Waals surface area contributed by atoms with Crippen LogP contribution >= 0.6 is 11.6 Å². The third kappa shape index (κ3) is 6.32. The van der Waals surface area contributed by atoms with Crippen LogP contribution in [-0.4, -0.2) is 64.9 Å². The van der Waals surface area contributed by atoms with E-state index >= 15 is 0 Å². The van der Waals surface area contributed by atoms with Crippen LogP contribution in [-0.2, 0) is 27.4 Å². The zero-order valence-corrected chi connectivity index (χ0v) is 18.0. The highest BCUT2D eigenvalue weighted by Gasteiger charge is 2.39. The van der Waals surface area contributed by atoms with E-state index in [1.165, 1.54) is 4.90 Å². The van der Waals surface area contributed by atoms with Crippen LogP contribution in [0.25, 0.3) is 0 Å². The third-order valence-electron chi connectivity index (χ3n) is 4.82. The number of carbonyl (C=O) groups excluding carboxylic acids is 2. The number of carbonyl (C=O) groups is 3. The van der Waals surface area contributed by atoms with Crippen LogP contribution in [0.1, 0.15) is 31.9 Å². The number of aliphatic hydroxyl groups is 1. The molecule has 1 heterocycles. The first kappa shape index (κ1) is 23.9. The minimum absolute atomic E-state index is 0.0252. The number of ether oxygens (including phenoxy) is 1. The maximum absolute atomic E-state index is 12.8. The molecule has 0 radical (unpaired) electrons. The van der Waals surface area contributed by atoms with E-state index in [4.69, 9.17) is 21.4 Å². The summed E-state index contributed by atoms with van der Waals surface area (Å²) >= 11 is 6.04. The van der Waals surface area contributed by atoms with Crippen LogP contribution in [0, 0.1) is 5.41 Å². The molecule has 3 amide bonds. The Labute approximate surface area is 180 Å². The summed E-state index contributed by atoms with van der Waals surface area (Å²) in [5.41, 5.74) is 0.649.